The summed E-state index contributed by atoms with van der Waals surface area (Å²) in [6.45, 7) is 0.150. The highest BCUT2D eigenvalue weighted by molar-refractivity contribution is 9.10. The zero-order valence-corrected chi connectivity index (χ0v) is 20.2. The summed E-state index contributed by atoms with van der Waals surface area (Å²) in [6, 6.07) is 19.7. The van der Waals surface area contributed by atoms with E-state index in [4.69, 9.17) is 25.5 Å². The van der Waals surface area contributed by atoms with Crippen LogP contribution < -0.4 is 14.9 Å². The molecule has 0 fully saturated rings. The number of nitrogens with one attached hydrogen (secondary N) is 1. The van der Waals surface area contributed by atoms with E-state index in [1.807, 2.05) is 24.3 Å². The van der Waals surface area contributed by atoms with Crippen molar-refractivity contribution in [1.29, 1.82) is 5.26 Å². The molecule has 0 saturated heterocycles. The third-order valence-corrected chi connectivity index (χ3v) is 5.62. The van der Waals surface area contributed by atoms with Crippen LogP contribution in [0.15, 0.2) is 74.7 Å². The first-order valence-electron chi connectivity index (χ1n) is 9.99. The molecule has 9 heteroatoms. The molecule has 1 aromatic heterocycles. The van der Waals surface area contributed by atoms with Crippen molar-refractivity contribution < 1.29 is 18.7 Å². The number of carbonyl (C=O) groups excluding carboxylic acids is 1. The molecule has 0 saturated carbocycles. The monoisotopic (exact) mass is 537 g/mol. The van der Waals surface area contributed by atoms with Gasteiger partial charge in [0.1, 0.15) is 12.2 Å². The number of ether oxygens (including phenoxy) is 2. The minimum atomic E-state index is -0.488. The molecule has 0 atom stereocenters. The van der Waals surface area contributed by atoms with Crippen LogP contribution in [0.25, 0.3) is 11.0 Å². The number of nitrogens with zero attached hydrogens (tertiary/aromatic N) is 2. The first-order chi connectivity index (χ1) is 16.5. The number of hydrogen-bond acceptors (Lipinski definition) is 6. The van der Waals surface area contributed by atoms with E-state index in [0.717, 1.165) is 15.4 Å². The second kappa shape index (κ2) is 10.4. The van der Waals surface area contributed by atoms with Crippen molar-refractivity contribution >= 4 is 50.6 Å². The van der Waals surface area contributed by atoms with Crippen LogP contribution in [-0.2, 0) is 6.61 Å². The maximum Gasteiger partial charge on any atom is 0.307 e. The van der Waals surface area contributed by atoms with Gasteiger partial charge in [-0.25, -0.2) is 5.43 Å². The Labute approximate surface area is 208 Å². The molecule has 170 valence electrons. The van der Waals surface area contributed by atoms with Crippen LogP contribution in [0.1, 0.15) is 27.2 Å². The molecule has 7 nitrogen and oxygen atoms in total. The first-order valence-corrected chi connectivity index (χ1v) is 11.2. The molecule has 4 rings (SSSR count). The lowest BCUT2D eigenvalue weighted by Gasteiger charge is -2.14. The van der Waals surface area contributed by atoms with E-state index in [-0.39, 0.29) is 12.4 Å². The van der Waals surface area contributed by atoms with Gasteiger partial charge in [-0.1, -0.05) is 45.7 Å². The highest BCUT2D eigenvalue weighted by Crippen LogP contribution is 2.36. The molecule has 0 aliphatic carbocycles. The molecule has 0 aliphatic rings. The van der Waals surface area contributed by atoms with Gasteiger partial charge in [0.15, 0.2) is 17.3 Å². The lowest BCUT2D eigenvalue weighted by Crippen LogP contribution is -2.16. The Balaban J connectivity index is 1.46. The Hall–Kier alpha value is -3.80. The summed E-state index contributed by atoms with van der Waals surface area (Å²) in [5, 5.41) is 14.3. The fourth-order valence-electron chi connectivity index (χ4n) is 3.21. The quantitative estimate of drug-likeness (QED) is 0.227. The predicted molar refractivity (Wildman–Crippen MR) is 132 cm³/mol. The smallest absolute Gasteiger partial charge is 0.307 e. The maximum absolute atomic E-state index is 12.4. The topological polar surface area (TPSA) is 96.8 Å². The Morgan fingerprint density at radius 1 is 1.24 bits per heavy atom. The molecule has 0 spiro atoms. The molecule has 3 aromatic carbocycles. The molecule has 4 aromatic rings. The van der Waals surface area contributed by atoms with Gasteiger partial charge in [0, 0.05) is 15.4 Å². The van der Waals surface area contributed by atoms with Crippen LogP contribution in [-0.4, -0.2) is 19.2 Å². The lowest BCUT2D eigenvalue weighted by molar-refractivity contribution is 0.0929. The summed E-state index contributed by atoms with van der Waals surface area (Å²) in [6.07, 6.45) is 1.43. The largest absolute Gasteiger partial charge is 0.493 e. The summed E-state index contributed by atoms with van der Waals surface area (Å²) < 4.78 is 17.7. The van der Waals surface area contributed by atoms with Crippen molar-refractivity contribution in [2.24, 2.45) is 5.10 Å². The van der Waals surface area contributed by atoms with Crippen LogP contribution in [0.2, 0.25) is 5.02 Å². The van der Waals surface area contributed by atoms with Gasteiger partial charge in [0.05, 0.1) is 30.0 Å². The van der Waals surface area contributed by atoms with Crippen molar-refractivity contribution in [3.8, 4) is 17.6 Å². The average molecular weight is 539 g/mol. The highest BCUT2D eigenvalue weighted by Gasteiger charge is 2.14. The van der Waals surface area contributed by atoms with Gasteiger partial charge >= 0.3 is 5.91 Å². The van der Waals surface area contributed by atoms with E-state index < -0.39 is 5.91 Å². The molecule has 1 heterocycles. The molecule has 0 bridgehead atoms. The molecule has 0 aliphatic heterocycles. The van der Waals surface area contributed by atoms with Gasteiger partial charge in [-0.3, -0.25) is 4.79 Å². The second-order valence-electron chi connectivity index (χ2n) is 7.08. The summed E-state index contributed by atoms with van der Waals surface area (Å²) in [7, 11) is 1.49. The number of hydrogen-bond donors (Lipinski definition) is 1. The van der Waals surface area contributed by atoms with Crippen LogP contribution in [0, 0.1) is 11.3 Å². The summed E-state index contributed by atoms with van der Waals surface area (Å²) >= 11 is 9.80. The van der Waals surface area contributed by atoms with Gasteiger partial charge in [0.2, 0.25) is 0 Å². The minimum absolute atomic E-state index is 0.141. The van der Waals surface area contributed by atoms with Gasteiger partial charge in [0.25, 0.3) is 0 Å². The molecular weight excluding hydrogens is 522 g/mol. The molecular formula is C25H17BrClN3O4. The molecule has 0 unspecified atom stereocenters. The third-order valence-electron chi connectivity index (χ3n) is 4.84. The third kappa shape index (κ3) is 5.22. The molecule has 1 amide bonds. The van der Waals surface area contributed by atoms with Gasteiger partial charge < -0.3 is 13.9 Å². The number of carbonyl (C=O) groups is 1. The summed E-state index contributed by atoms with van der Waals surface area (Å²) in [4.78, 5) is 12.4. The van der Waals surface area contributed by atoms with Crippen molar-refractivity contribution in [2.45, 2.75) is 6.61 Å². The number of benzene rings is 3. The number of nitriles is 1. The van der Waals surface area contributed by atoms with Crippen LogP contribution in [0.4, 0.5) is 0 Å². The number of rotatable bonds is 7. The number of fused-ring (bicyclic) bond motifs is 1. The van der Waals surface area contributed by atoms with Gasteiger partial charge in [-0.15, -0.1) is 0 Å². The number of amides is 1. The Morgan fingerprint density at radius 3 is 2.85 bits per heavy atom. The Morgan fingerprint density at radius 2 is 2.06 bits per heavy atom. The zero-order valence-electron chi connectivity index (χ0n) is 17.8. The van der Waals surface area contributed by atoms with Crippen molar-refractivity contribution in [1.82, 2.24) is 5.43 Å². The zero-order chi connectivity index (χ0) is 24.1. The number of halogens is 2. The Kier molecular flexibility index (Phi) is 7.16. The van der Waals surface area contributed by atoms with Gasteiger partial charge in [-0.2, -0.15) is 10.4 Å². The van der Waals surface area contributed by atoms with E-state index in [1.165, 1.54) is 13.3 Å². The fourth-order valence-corrected chi connectivity index (χ4v) is 3.86. The standard InChI is InChI=1S/C25H17BrClN3O4/c1-32-22-9-15(8-20(27)24(22)33-14-17-5-3-2-4-16(17)12-28)13-29-30-25(31)23-11-18-10-19(26)6-7-21(18)34-23/h2-11,13H,14H2,1H3,(H,30,31). The molecule has 34 heavy (non-hydrogen) atoms. The summed E-state index contributed by atoms with van der Waals surface area (Å²) in [5.41, 5.74) is 4.87. The van der Waals surface area contributed by atoms with E-state index in [9.17, 15) is 10.1 Å². The van der Waals surface area contributed by atoms with Crippen molar-refractivity contribution in [2.75, 3.05) is 7.11 Å². The van der Waals surface area contributed by atoms with E-state index in [0.29, 0.717) is 33.2 Å². The fraction of sp³-hybridized carbons (Fsp3) is 0.0800. The van der Waals surface area contributed by atoms with E-state index in [1.54, 1.807) is 36.4 Å². The lowest BCUT2D eigenvalue weighted by atomic mass is 10.1. The number of hydrazone groups is 1. The first kappa shape index (κ1) is 23.4. The highest BCUT2D eigenvalue weighted by atomic mass is 79.9. The van der Waals surface area contributed by atoms with E-state index in [2.05, 4.69) is 32.5 Å². The van der Waals surface area contributed by atoms with Crippen LogP contribution in [0.5, 0.6) is 11.5 Å². The van der Waals surface area contributed by atoms with Gasteiger partial charge in [-0.05, 0) is 48.0 Å². The van der Waals surface area contributed by atoms with Crippen LogP contribution >= 0.6 is 27.5 Å². The number of methoxy groups -OCH3 is 1. The van der Waals surface area contributed by atoms with E-state index >= 15 is 0 Å². The average Bonchev–Trinajstić information content (AvgIpc) is 3.26. The molecule has 1 N–H and O–H groups in total. The minimum Gasteiger partial charge on any atom is -0.493 e. The predicted octanol–water partition coefficient (Wildman–Crippen LogP) is 6.07. The Bertz CT molecular complexity index is 1440. The normalized spacial score (nSPS) is 10.9. The second-order valence-corrected chi connectivity index (χ2v) is 8.41. The molecule has 0 radical (unpaired) electrons. The van der Waals surface area contributed by atoms with Crippen LogP contribution in [0.3, 0.4) is 0 Å². The summed E-state index contributed by atoms with van der Waals surface area (Å²) in [5.74, 6) is 0.379. The maximum atomic E-state index is 12.4. The SMILES string of the molecule is COc1cc(C=NNC(=O)c2cc3cc(Br)ccc3o2)cc(Cl)c1OCc1ccccc1C#N. The number of furan rings is 1. The van der Waals surface area contributed by atoms with Crippen molar-refractivity contribution in [3.05, 3.63) is 92.6 Å². The van der Waals surface area contributed by atoms with Crippen molar-refractivity contribution in [3.63, 3.8) is 0 Å².